The highest BCUT2D eigenvalue weighted by Gasteiger charge is 2.37. The summed E-state index contributed by atoms with van der Waals surface area (Å²) in [6.45, 7) is 6.82. The van der Waals surface area contributed by atoms with Gasteiger partial charge in [0.15, 0.2) is 0 Å². The Hall–Kier alpha value is -6.05. The second-order valence-electron chi connectivity index (χ2n) is 14.0. The van der Waals surface area contributed by atoms with E-state index >= 15 is 0 Å². The first-order valence-corrected chi connectivity index (χ1v) is 18.1. The number of likely N-dealkylation sites (tertiary alicyclic amines) is 2. The van der Waals surface area contributed by atoms with Gasteiger partial charge in [0.1, 0.15) is 23.7 Å². The first kappa shape index (κ1) is 35.4. The van der Waals surface area contributed by atoms with E-state index in [1.54, 1.807) is 36.5 Å². The summed E-state index contributed by atoms with van der Waals surface area (Å²) in [5.41, 5.74) is 5.83. The summed E-state index contributed by atoms with van der Waals surface area (Å²) >= 11 is 0. The lowest BCUT2D eigenvalue weighted by molar-refractivity contribution is -0.134. The van der Waals surface area contributed by atoms with Crippen molar-refractivity contribution < 1.29 is 19.5 Å². The van der Waals surface area contributed by atoms with Crippen LogP contribution in [0.1, 0.15) is 70.2 Å². The van der Waals surface area contributed by atoms with Crippen LogP contribution in [0, 0.1) is 5.92 Å². The Balaban J connectivity index is 0.999. The van der Waals surface area contributed by atoms with Crippen LogP contribution < -0.4 is 10.6 Å². The molecule has 2 saturated heterocycles. The van der Waals surface area contributed by atoms with Crippen molar-refractivity contribution in [3.05, 3.63) is 91.0 Å². The van der Waals surface area contributed by atoms with E-state index in [0.29, 0.717) is 24.9 Å². The largest absolute Gasteiger partial charge is 0.465 e. The molecule has 0 unspecified atom stereocenters. The van der Waals surface area contributed by atoms with E-state index in [4.69, 9.17) is 10.1 Å². The Labute approximate surface area is 307 Å². The van der Waals surface area contributed by atoms with Gasteiger partial charge < -0.3 is 35.5 Å². The van der Waals surface area contributed by atoms with Crippen molar-refractivity contribution in [3.63, 3.8) is 0 Å². The minimum atomic E-state index is -1.22. The summed E-state index contributed by atoms with van der Waals surface area (Å²) < 4.78 is 0. The molecule has 2 aromatic carbocycles. The van der Waals surface area contributed by atoms with Crippen molar-refractivity contribution in [2.45, 2.75) is 70.6 Å². The maximum atomic E-state index is 13.8. The van der Waals surface area contributed by atoms with Gasteiger partial charge in [-0.15, -0.1) is 0 Å². The molecule has 14 nitrogen and oxygen atoms in total. The van der Waals surface area contributed by atoms with Crippen LogP contribution >= 0.6 is 0 Å². The van der Waals surface area contributed by atoms with Gasteiger partial charge in [0.2, 0.25) is 17.8 Å². The molecule has 2 fully saturated rings. The lowest BCUT2D eigenvalue weighted by Gasteiger charge is -2.30. The summed E-state index contributed by atoms with van der Waals surface area (Å²) in [5.74, 6) is 1.71. The van der Waals surface area contributed by atoms with Crippen LogP contribution in [0.5, 0.6) is 0 Å². The van der Waals surface area contributed by atoms with Gasteiger partial charge in [0, 0.05) is 25.5 Å². The summed E-state index contributed by atoms with van der Waals surface area (Å²) in [7, 11) is 0. The topological polar surface area (TPSA) is 185 Å². The molecule has 5 N–H and O–H groups in total. The van der Waals surface area contributed by atoms with Crippen LogP contribution in [-0.4, -0.2) is 87.9 Å². The lowest BCUT2D eigenvalue weighted by atomic mass is 10.0. The number of benzene rings is 2. The second kappa shape index (κ2) is 15.3. The van der Waals surface area contributed by atoms with Crippen LogP contribution in [0.3, 0.4) is 0 Å². The lowest BCUT2D eigenvalue weighted by Crippen LogP contribution is -2.46. The second-order valence-corrected chi connectivity index (χ2v) is 14.0. The number of aromatic nitrogens is 6. The first-order valence-electron chi connectivity index (χ1n) is 18.1. The number of amides is 3. The molecule has 3 aromatic heterocycles. The van der Waals surface area contributed by atoms with Crippen molar-refractivity contribution in [1.82, 2.24) is 45.0 Å². The van der Waals surface area contributed by atoms with Gasteiger partial charge in [-0.1, -0.05) is 62.4 Å². The normalized spacial score (nSPS) is 18.3. The van der Waals surface area contributed by atoms with Gasteiger partial charge >= 0.3 is 6.09 Å². The number of nitrogens with one attached hydrogen (secondary N) is 4. The molecule has 2 aliphatic heterocycles. The molecular weight excluding hydrogens is 672 g/mol. The standard InChI is InChI=1S/C39H44N10O4/c1-23(2)33(47-38-40-17-6-18-41-38)37(51)49-20-5-8-32(49)35-43-22-30(46-35)28-15-11-26(12-16-28)25-9-13-27(14-10-25)29-21-42-34(45-29)31-7-4-19-48(31)36(50)24(3)44-39(52)53/h6,9-18,21-24,31-33,44H,4-5,7-8,19-20H2,1-3H3,(H,42,45)(H,43,46)(H,52,53)(H,40,41,47)/t24-,31-,32-,33+/m0/s1. The number of carbonyl (C=O) groups is 3. The fourth-order valence-corrected chi connectivity index (χ4v) is 7.32. The fraction of sp³-hybridized carbons (Fsp3) is 0.359. The van der Waals surface area contributed by atoms with Crippen molar-refractivity contribution in [3.8, 4) is 33.6 Å². The van der Waals surface area contributed by atoms with E-state index in [-0.39, 0.29) is 29.8 Å². The number of anilines is 1. The Bertz CT molecular complexity index is 2040. The molecule has 14 heteroatoms. The molecular formula is C39H44N10O4. The zero-order valence-corrected chi connectivity index (χ0v) is 30.0. The molecule has 0 spiro atoms. The average Bonchev–Trinajstić information content (AvgIpc) is 4.00. The third-order valence-electron chi connectivity index (χ3n) is 10.1. The maximum Gasteiger partial charge on any atom is 0.405 e. The van der Waals surface area contributed by atoms with Gasteiger partial charge in [-0.05, 0) is 66.8 Å². The summed E-state index contributed by atoms with van der Waals surface area (Å²) in [5, 5.41) is 14.5. The predicted molar refractivity (Wildman–Crippen MR) is 199 cm³/mol. The number of hydrogen-bond acceptors (Lipinski definition) is 8. The van der Waals surface area contributed by atoms with Crippen LogP contribution in [-0.2, 0) is 9.59 Å². The average molecular weight is 717 g/mol. The van der Waals surface area contributed by atoms with E-state index < -0.39 is 18.2 Å². The van der Waals surface area contributed by atoms with Crippen LogP contribution in [0.4, 0.5) is 10.7 Å². The van der Waals surface area contributed by atoms with Gasteiger partial charge in [-0.25, -0.2) is 24.7 Å². The number of aromatic amines is 2. The molecule has 0 saturated carbocycles. The van der Waals surface area contributed by atoms with Gasteiger partial charge in [0.05, 0.1) is 35.9 Å². The Kier molecular flexibility index (Phi) is 10.2. The molecule has 4 atom stereocenters. The first-order chi connectivity index (χ1) is 25.7. The van der Waals surface area contributed by atoms with Gasteiger partial charge in [-0.2, -0.15) is 0 Å². The monoisotopic (exact) mass is 716 g/mol. The molecule has 7 rings (SSSR count). The highest BCUT2D eigenvalue weighted by Crippen LogP contribution is 2.35. The predicted octanol–water partition coefficient (Wildman–Crippen LogP) is 6.04. The Morgan fingerprint density at radius 3 is 1.66 bits per heavy atom. The van der Waals surface area contributed by atoms with Gasteiger partial charge in [0.25, 0.3) is 0 Å². The SMILES string of the molecule is CC(C)[C@@H](Nc1ncccn1)C(=O)N1CCC[C@H]1c1ncc(-c2ccc(-c3ccc(-c4cnc([C@@H]5CCCN5C(=O)[C@H](C)NC(=O)O)[nH]4)cc3)cc2)[nH]1. The number of H-pyrrole nitrogens is 2. The number of imidazole rings is 2. The third-order valence-corrected chi connectivity index (χ3v) is 10.1. The summed E-state index contributed by atoms with van der Waals surface area (Å²) in [4.78, 5) is 66.1. The summed E-state index contributed by atoms with van der Waals surface area (Å²) in [6, 6.07) is 16.6. The van der Waals surface area contributed by atoms with Crippen molar-refractivity contribution in [2.24, 2.45) is 5.92 Å². The number of hydrogen-bond donors (Lipinski definition) is 5. The van der Waals surface area contributed by atoms with Crippen molar-refractivity contribution in [2.75, 3.05) is 18.4 Å². The molecule has 0 radical (unpaired) electrons. The Morgan fingerprint density at radius 1 is 0.717 bits per heavy atom. The highest BCUT2D eigenvalue weighted by molar-refractivity contribution is 5.86. The van der Waals surface area contributed by atoms with Crippen LogP contribution in [0.25, 0.3) is 33.6 Å². The summed E-state index contributed by atoms with van der Waals surface area (Å²) in [6.07, 6.45) is 9.03. The maximum absolute atomic E-state index is 13.8. The van der Waals surface area contributed by atoms with E-state index in [1.807, 2.05) is 37.1 Å². The Morgan fingerprint density at radius 2 is 1.19 bits per heavy atom. The molecule has 53 heavy (non-hydrogen) atoms. The molecule has 3 amide bonds. The zero-order chi connectivity index (χ0) is 37.1. The number of rotatable bonds is 11. The molecule has 5 heterocycles. The van der Waals surface area contributed by atoms with E-state index in [0.717, 1.165) is 65.1 Å². The van der Waals surface area contributed by atoms with E-state index in [1.165, 1.54) is 0 Å². The molecule has 2 aliphatic rings. The molecule has 0 aliphatic carbocycles. The third kappa shape index (κ3) is 7.62. The quantitative estimate of drug-likeness (QED) is 0.109. The minimum absolute atomic E-state index is 0.0191. The molecule has 5 aromatic rings. The number of carbonyl (C=O) groups excluding carboxylic acids is 2. The van der Waals surface area contributed by atoms with Gasteiger partial charge in [-0.3, -0.25) is 9.59 Å². The number of carboxylic acid groups (broad SMARTS) is 1. The molecule has 274 valence electrons. The van der Waals surface area contributed by atoms with E-state index in [2.05, 4.69) is 72.0 Å². The fourth-order valence-electron chi connectivity index (χ4n) is 7.32. The van der Waals surface area contributed by atoms with Crippen molar-refractivity contribution >= 4 is 23.9 Å². The number of nitrogens with zero attached hydrogens (tertiary/aromatic N) is 6. The van der Waals surface area contributed by atoms with Crippen LogP contribution in [0.2, 0.25) is 0 Å². The molecule has 0 bridgehead atoms. The minimum Gasteiger partial charge on any atom is -0.465 e. The highest BCUT2D eigenvalue weighted by atomic mass is 16.4. The zero-order valence-electron chi connectivity index (χ0n) is 30.0. The van der Waals surface area contributed by atoms with Crippen molar-refractivity contribution in [1.29, 1.82) is 0 Å². The van der Waals surface area contributed by atoms with E-state index in [9.17, 15) is 14.4 Å². The van der Waals surface area contributed by atoms with Crippen LogP contribution in [0.15, 0.2) is 79.4 Å². The smallest absolute Gasteiger partial charge is 0.405 e.